The Labute approximate surface area is 183 Å². The van der Waals surface area contributed by atoms with Crippen LogP contribution in [-0.4, -0.2) is 49.1 Å². The van der Waals surface area contributed by atoms with Crippen molar-refractivity contribution in [1.82, 2.24) is 14.5 Å². The molecule has 1 aliphatic rings. The predicted octanol–water partition coefficient (Wildman–Crippen LogP) is 3.66. The van der Waals surface area contributed by atoms with Crippen molar-refractivity contribution in [3.8, 4) is 0 Å². The van der Waals surface area contributed by atoms with Gasteiger partial charge in [-0.3, -0.25) is 0 Å². The summed E-state index contributed by atoms with van der Waals surface area (Å²) < 4.78 is 28.0. The van der Waals surface area contributed by atoms with E-state index in [-0.39, 0.29) is 0 Å². The van der Waals surface area contributed by atoms with Crippen molar-refractivity contribution < 1.29 is 8.42 Å². The largest absolute Gasteiger partial charge is 0.352 e. The van der Waals surface area contributed by atoms with Gasteiger partial charge >= 0.3 is 0 Å². The summed E-state index contributed by atoms with van der Waals surface area (Å²) in [6, 6.07) is 17.3. The van der Waals surface area contributed by atoms with Crippen LogP contribution in [0.3, 0.4) is 0 Å². The molecule has 1 fully saturated rings. The lowest BCUT2D eigenvalue weighted by Crippen LogP contribution is -2.49. The molecule has 1 saturated heterocycles. The number of sulfonamides is 1. The fourth-order valence-corrected chi connectivity index (χ4v) is 5.45. The highest BCUT2D eigenvalue weighted by molar-refractivity contribution is 7.89. The molecule has 0 amide bonds. The second kappa shape index (κ2) is 8.64. The van der Waals surface area contributed by atoms with Gasteiger partial charge < -0.3 is 10.2 Å². The molecule has 3 aromatic rings. The predicted molar refractivity (Wildman–Crippen MR) is 123 cm³/mol. The van der Waals surface area contributed by atoms with Crippen LogP contribution in [0.1, 0.15) is 16.7 Å². The van der Waals surface area contributed by atoms with E-state index >= 15 is 0 Å². The van der Waals surface area contributed by atoms with Gasteiger partial charge in [-0.15, -0.1) is 10.2 Å². The van der Waals surface area contributed by atoms with Crippen molar-refractivity contribution in [2.45, 2.75) is 25.7 Å². The first-order chi connectivity index (χ1) is 14.8. The van der Waals surface area contributed by atoms with Crippen LogP contribution in [0.2, 0.25) is 0 Å². The van der Waals surface area contributed by atoms with Gasteiger partial charge in [0.25, 0.3) is 0 Å². The number of para-hydroxylation sites is 1. The van der Waals surface area contributed by atoms with E-state index < -0.39 is 10.0 Å². The van der Waals surface area contributed by atoms with Crippen molar-refractivity contribution in [2.75, 3.05) is 36.4 Å². The molecule has 2 aromatic carbocycles. The fourth-order valence-electron chi connectivity index (χ4n) is 3.74. The van der Waals surface area contributed by atoms with Crippen LogP contribution < -0.4 is 10.2 Å². The normalized spacial score (nSPS) is 15.1. The summed E-state index contributed by atoms with van der Waals surface area (Å²) in [5.74, 6) is 1.42. The van der Waals surface area contributed by atoms with Gasteiger partial charge in [-0.05, 0) is 67.8 Å². The van der Waals surface area contributed by atoms with Gasteiger partial charge in [-0.25, -0.2) is 8.42 Å². The molecule has 0 bridgehead atoms. The first-order valence-electron chi connectivity index (χ1n) is 10.3. The van der Waals surface area contributed by atoms with E-state index in [4.69, 9.17) is 0 Å². The summed E-state index contributed by atoms with van der Waals surface area (Å²) in [4.78, 5) is 2.47. The Balaban J connectivity index is 1.42. The number of anilines is 3. The molecule has 0 unspecified atom stereocenters. The van der Waals surface area contributed by atoms with Gasteiger partial charge in [0, 0.05) is 31.9 Å². The molecule has 0 spiro atoms. The van der Waals surface area contributed by atoms with Crippen LogP contribution in [0.15, 0.2) is 59.5 Å². The Hall–Kier alpha value is -2.97. The van der Waals surface area contributed by atoms with E-state index in [1.807, 2.05) is 69.3 Å². The van der Waals surface area contributed by atoms with Gasteiger partial charge in [0.2, 0.25) is 10.0 Å². The average Bonchev–Trinajstić information content (AvgIpc) is 2.77. The van der Waals surface area contributed by atoms with Crippen molar-refractivity contribution in [3.05, 3.63) is 71.3 Å². The average molecular weight is 438 g/mol. The third-order valence-corrected chi connectivity index (χ3v) is 7.71. The minimum atomic E-state index is -3.52. The SMILES string of the molecule is Cc1cc(C)c(S(=O)(=O)N2CCN(c3ccc(Nc4ccccc4)nn3)CC2)cc1C. The monoisotopic (exact) mass is 437 g/mol. The van der Waals surface area contributed by atoms with Crippen molar-refractivity contribution in [1.29, 1.82) is 0 Å². The van der Waals surface area contributed by atoms with Crippen molar-refractivity contribution >= 4 is 27.3 Å². The second-order valence-electron chi connectivity index (χ2n) is 7.86. The molecule has 4 rings (SSSR count). The zero-order valence-corrected chi connectivity index (χ0v) is 18.9. The third kappa shape index (κ3) is 4.55. The number of nitrogens with one attached hydrogen (secondary N) is 1. The van der Waals surface area contributed by atoms with E-state index in [1.165, 1.54) is 0 Å². The second-order valence-corrected chi connectivity index (χ2v) is 9.77. The van der Waals surface area contributed by atoms with E-state index in [9.17, 15) is 8.42 Å². The first-order valence-corrected chi connectivity index (χ1v) is 11.8. The maximum absolute atomic E-state index is 13.2. The molecule has 1 N–H and O–H groups in total. The molecule has 0 aliphatic carbocycles. The number of piperazine rings is 1. The standard InChI is InChI=1S/C23H27N5O2S/c1-17-15-19(3)21(16-18(17)2)31(29,30)28-13-11-27(12-14-28)23-10-9-22(25-26-23)24-20-7-5-4-6-8-20/h4-10,15-16H,11-14H2,1-3H3,(H,24,25). The number of hydrogen-bond donors (Lipinski definition) is 1. The molecule has 1 aromatic heterocycles. The third-order valence-electron chi connectivity index (χ3n) is 5.67. The smallest absolute Gasteiger partial charge is 0.243 e. The summed E-state index contributed by atoms with van der Waals surface area (Å²) in [5, 5.41) is 11.8. The highest BCUT2D eigenvalue weighted by Gasteiger charge is 2.30. The van der Waals surface area contributed by atoms with E-state index in [2.05, 4.69) is 20.4 Å². The maximum Gasteiger partial charge on any atom is 0.243 e. The number of benzene rings is 2. The van der Waals surface area contributed by atoms with E-state index in [0.717, 1.165) is 28.2 Å². The number of aryl methyl sites for hydroxylation is 3. The molecule has 1 aliphatic heterocycles. The van der Waals surface area contributed by atoms with Gasteiger partial charge in [-0.2, -0.15) is 4.31 Å². The molecular formula is C23H27N5O2S. The Morgan fingerprint density at radius 2 is 1.48 bits per heavy atom. The van der Waals surface area contributed by atoms with Crippen molar-refractivity contribution in [3.63, 3.8) is 0 Å². The highest BCUT2D eigenvalue weighted by atomic mass is 32.2. The summed E-state index contributed by atoms with van der Waals surface area (Å²) >= 11 is 0. The maximum atomic E-state index is 13.2. The van der Waals surface area contributed by atoms with Crippen LogP contribution in [0.5, 0.6) is 0 Å². The van der Waals surface area contributed by atoms with Gasteiger partial charge in [0.15, 0.2) is 11.6 Å². The minimum absolute atomic E-state index is 0.403. The number of rotatable bonds is 5. The molecule has 2 heterocycles. The molecule has 7 nitrogen and oxygen atoms in total. The number of hydrogen-bond acceptors (Lipinski definition) is 6. The zero-order chi connectivity index (χ0) is 22.0. The Morgan fingerprint density at radius 3 is 2.13 bits per heavy atom. The van der Waals surface area contributed by atoms with Crippen LogP contribution in [0.4, 0.5) is 17.3 Å². The van der Waals surface area contributed by atoms with Gasteiger partial charge in [0.05, 0.1) is 4.90 Å². The van der Waals surface area contributed by atoms with Crippen molar-refractivity contribution in [2.24, 2.45) is 0 Å². The van der Waals surface area contributed by atoms with Gasteiger partial charge in [0.1, 0.15) is 0 Å². The molecular weight excluding hydrogens is 410 g/mol. The van der Waals surface area contributed by atoms with Gasteiger partial charge in [-0.1, -0.05) is 24.3 Å². The van der Waals surface area contributed by atoms with Crippen LogP contribution in [0.25, 0.3) is 0 Å². The lowest BCUT2D eigenvalue weighted by atomic mass is 10.1. The molecule has 0 radical (unpaired) electrons. The lowest BCUT2D eigenvalue weighted by Gasteiger charge is -2.34. The zero-order valence-electron chi connectivity index (χ0n) is 18.0. The molecule has 31 heavy (non-hydrogen) atoms. The molecule has 162 valence electrons. The van der Waals surface area contributed by atoms with E-state index in [0.29, 0.717) is 36.9 Å². The Morgan fingerprint density at radius 1 is 0.806 bits per heavy atom. The summed E-state index contributed by atoms with van der Waals surface area (Å²) in [7, 11) is -3.52. The first kappa shape index (κ1) is 21.3. The molecule has 0 saturated carbocycles. The van der Waals surface area contributed by atoms with Crippen LogP contribution in [-0.2, 0) is 10.0 Å². The lowest BCUT2D eigenvalue weighted by molar-refractivity contribution is 0.383. The molecule has 0 atom stereocenters. The number of nitrogens with zero attached hydrogens (tertiary/aromatic N) is 4. The fraction of sp³-hybridized carbons (Fsp3) is 0.304. The van der Waals surface area contributed by atoms with Crippen LogP contribution in [0, 0.1) is 20.8 Å². The Kier molecular flexibility index (Phi) is 5.93. The molecule has 8 heteroatoms. The summed E-state index contributed by atoms with van der Waals surface area (Å²) in [6.07, 6.45) is 0. The minimum Gasteiger partial charge on any atom is -0.352 e. The highest BCUT2D eigenvalue weighted by Crippen LogP contribution is 2.25. The topological polar surface area (TPSA) is 78.4 Å². The Bertz CT molecular complexity index is 1160. The summed E-state index contributed by atoms with van der Waals surface area (Å²) in [5.41, 5.74) is 3.83. The van der Waals surface area contributed by atoms with Crippen LogP contribution >= 0.6 is 0 Å². The number of aromatic nitrogens is 2. The quantitative estimate of drug-likeness (QED) is 0.656. The summed E-state index contributed by atoms with van der Waals surface area (Å²) in [6.45, 7) is 7.78. The van der Waals surface area contributed by atoms with E-state index in [1.54, 1.807) is 10.4 Å².